The van der Waals surface area contributed by atoms with Gasteiger partial charge in [-0.3, -0.25) is 0 Å². The predicted molar refractivity (Wildman–Crippen MR) is 78.9 cm³/mol. The highest BCUT2D eigenvalue weighted by atomic mass is 35.5. The number of piperidine rings is 1. The maximum absolute atomic E-state index is 5.87. The van der Waals surface area contributed by atoms with Crippen molar-refractivity contribution in [2.45, 2.75) is 33.1 Å². The van der Waals surface area contributed by atoms with Gasteiger partial charge in [0.1, 0.15) is 5.75 Å². The van der Waals surface area contributed by atoms with Gasteiger partial charge in [-0.15, -0.1) is 12.4 Å². The molecular formula is C15H24ClNO. The van der Waals surface area contributed by atoms with E-state index in [9.17, 15) is 0 Å². The van der Waals surface area contributed by atoms with Crippen LogP contribution in [0.25, 0.3) is 0 Å². The molecule has 0 amide bonds. The summed E-state index contributed by atoms with van der Waals surface area (Å²) in [4.78, 5) is 0. The van der Waals surface area contributed by atoms with Crippen LogP contribution in [0.4, 0.5) is 0 Å². The third-order valence-corrected chi connectivity index (χ3v) is 3.51. The quantitative estimate of drug-likeness (QED) is 0.903. The Morgan fingerprint density at radius 3 is 2.83 bits per heavy atom. The van der Waals surface area contributed by atoms with Crippen LogP contribution in [0, 0.1) is 19.8 Å². The number of benzene rings is 1. The molecule has 102 valence electrons. The number of aryl methyl sites for hydroxylation is 2. The van der Waals surface area contributed by atoms with Crippen molar-refractivity contribution in [1.29, 1.82) is 0 Å². The number of halogens is 1. The molecule has 0 aromatic heterocycles. The molecular weight excluding hydrogens is 246 g/mol. The lowest BCUT2D eigenvalue weighted by molar-refractivity contribution is 0.253. The molecule has 2 nitrogen and oxygen atoms in total. The summed E-state index contributed by atoms with van der Waals surface area (Å²) in [5, 5.41) is 3.45. The summed E-state index contributed by atoms with van der Waals surface area (Å²) in [7, 11) is 0. The predicted octanol–water partition coefficient (Wildman–Crippen LogP) is 3.49. The van der Waals surface area contributed by atoms with Gasteiger partial charge in [-0.1, -0.05) is 17.7 Å². The van der Waals surface area contributed by atoms with Gasteiger partial charge in [0.2, 0.25) is 0 Å². The minimum absolute atomic E-state index is 0. The Hall–Kier alpha value is -0.730. The number of hydrogen-bond acceptors (Lipinski definition) is 2. The second-order valence-electron chi connectivity index (χ2n) is 5.12. The van der Waals surface area contributed by atoms with E-state index in [2.05, 4.69) is 37.4 Å². The summed E-state index contributed by atoms with van der Waals surface area (Å²) in [5.41, 5.74) is 2.54. The summed E-state index contributed by atoms with van der Waals surface area (Å²) in [6.45, 7) is 7.43. The molecule has 1 unspecified atom stereocenters. The van der Waals surface area contributed by atoms with Gasteiger partial charge in [-0.25, -0.2) is 0 Å². The van der Waals surface area contributed by atoms with Crippen molar-refractivity contribution < 1.29 is 4.74 Å². The molecule has 1 aliphatic rings. The van der Waals surface area contributed by atoms with Crippen LogP contribution in [0.5, 0.6) is 5.75 Å². The molecule has 2 rings (SSSR count). The van der Waals surface area contributed by atoms with Crippen molar-refractivity contribution in [3.63, 3.8) is 0 Å². The molecule has 3 heteroatoms. The van der Waals surface area contributed by atoms with Crippen molar-refractivity contribution >= 4 is 12.4 Å². The van der Waals surface area contributed by atoms with Crippen LogP contribution in [-0.4, -0.2) is 19.7 Å². The van der Waals surface area contributed by atoms with Gasteiger partial charge in [-0.05, 0) is 63.7 Å². The average Bonchev–Trinajstić information content (AvgIpc) is 2.33. The monoisotopic (exact) mass is 269 g/mol. The van der Waals surface area contributed by atoms with E-state index >= 15 is 0 Å². The van der Waals surface area contributed by atoms with Gasteiger partial charge in [-0.2, -0.15) is 0 Å². The Labute approximate surface area is 117 Å². The molecule has 1 aromatic rings. The van der Waals surface area contributed by atoms with Crippen molar-refractivity contribution in [3.05, 3.63) is 29.3 Å². The molecule has 1 N–H and O–H groups in total. The fourth-order valence-electron chi connectivity index (χ4n) is 2.47. The zero-order chi connectivity index (χ0) is 12.1. The molecule has 0 spiro atoms. The number of ether oxygens (including phenoxy) is 1. The molecule has 0 bridgehead atoms. The van der Waals surface area contributed by atoms with Gasteiger partial charge in [0, 0.05) is 0 Å². The fraction of sp³-hybridized carbons (Fsp3) is 0.600. The van der Waals surface area contributed by atoms with Crippen LogP contribution in [0.15, 0.2) is 18.2 Å². The molecule has 1 aliphatic heterocycles. The van der Waals surface area contributed by atoms with Crippen LogP contribution in [0.2, 0.25) is 0 Å². The third kappa shape index (κ3) is 4.51. The van der Waals surface area contributed by atoms with E-state index in [0.29, 0.717) is 0 Å². The Balaban J connectivity index is 0.00000162. The Morgan fingerprint density at radius 1 is 1.33 bits per heavy atom. The maximum Gasteiger partial charge on any atom is 0.122 e. The first-order valence-electron chi connectivity index (χ1n) is 6.66. The van der Waals surface area contributed by atoms with Crippen LogP contribution >= 0.6 is 12.4 Å². The summed E-state index contributed by atoms with van der Waals surface area (Å²) in [5.74, 6) is 1.84. The van der Waals surface area contributed by atoms with E-state index in [1.54, 1.807) is 0 Å². The maximum atomic E-state index is 5.87. The number of hydrogen-bond donors (Lipinski definition) is 1. The highest BCUT2D eigenvalue weighted by molar-refractivity contribution is 5.85. The summed E-state index contributed by atoms with van der Waals surface area (Å²) in [6.07, 6.45) is 3.83. The second-order valence-corrected chi connectivity index (χ2v) is 5.12. The second kappa shape index (κ2) is 7.65. The molecule has 0 radical (unpaired) electrons. The van der Waals surface area contributed by atoms with Crippen molar-refractivity contribution in [1.82, 2.24) is 5.32 Å². The van der Waals surface area contributed by atoms with Crippen molar-refractivity contribution in [2.24, 2.45) is 5.92 Å². The molecule has 1 atom stereocenters. The Morgan fingerprint density at radius 2 is 2.17 bits per heavy atom. The van der Waals surface area contributed by atoms with E-state index < -0.39 is 0 Å². The SMILES string of the molecule is Cc1ccc(OCCC2CCCNC2)c(C)c1.Cl. The van der Waals surface area contributed by atoms with E-state index in [0.717, 1.165) is 24.8 Å². The zero-order valence-corrected chi connectivity index (χ0v) is 12.2. The van der Waals surface area contributed by atoms with Gasteiger partial charge in [0.15, 0.2) is 0 Å². The summed E-state index contributed by atoms with van der Waals surface area (Å²) in [6, 6.07) is 6.38. The number of nitrogens with one attached hydrogen (secondary N) is 1. The summed E-state index contributed by atoms with van der Waals surface area (Å²) < 4.78 is 5.87. The fourth-order valence-corrected chi connectivity index (χ4v) is 2.47. The van der Waals surface area contributed by atoms with Crippen molar-refractivity contribution in [3.8, 4) is 5.75 Å². The Bertz CT molecular complexity index is 362. The minimum atomic E-state index is 0. The van der Waals surface area contributed by atoms with E-state index in [1.165, 1.54) is 36.9 Å². The first kappa shape index (κ1) is 15.3. The molecule has 1 fully saturated rings. The van der Waals surface area contributed by atoms with E-state index in [4.69, 9.17) is 4.74 Å². The number of rotatable bonds is 4. The van der Waals surface area contributed by atoms with E-state index in [1.807, 2.05) is 0 Å². The highest BCUT2D eigenvalue weighted by Gasteiger charge is 2.12. The topological polar surface area (TPSA) is 21.3 Å². The molecule has 0 aliphatic carbocycles. The van der Waals surface area contributed by atoms with Crippen LogP contribution in [0.3, 0.4) is 0 Å². The lowest BCUT2D eigenvalue weighted by atomic mass is 9.97. The van der Waals surface area contributed by atoms with Crippen molar-refractivity contribution in [2.75, 3.05) is 19.7 Å². The van der Waals surface area contributed by atoms with Gasteiger partial charge in [0.05, 0.1) is 6.61 Å². The van der Waals surface area contributed by atoms with Crippen LogP contribution in [-0.2, 0) is 0 Å². The lowest BCUT2D eigenvalue weighted by Crippen LogP contribution is -2.30. The average molecular weight is 270 g/mol. The molecule has 0 saturated carbocycles. The largest absolute Gasteiger partial charge is 0.493 e. The Kier molecular flexibility index (Phi) is 6.51. The van der Waals surface area contributed by atoms with Gasteiger partial charge in [0.25, 0.3) is 0 Å². The standard InChI is InChI=1S/C15H23NO.ClH/c1-12-5-6-15(13(2)10-12)17-9-7-14-4-3-8-16-11-14;/h5-6,10,14,16H,3-4,7-9,11H2,1-2H3;1H. The molecule has 1 saturated heterocycles. The van der Waals surface area contributed by atoms with Crippen LogP contribution < -0.4 is 10.1 Å². The normalized spacial score (nSPS) is 19.1. The van der Waals surface area contributed by atoms with Crippen LogP contribution in [0.1, 0.15) is 30.4 Å². The highest BCUT2D eigenvalue weighted by Crippen LogP contribution is 2.20. The van der Waals surface area contributed by atoms with Gasteiger partial charge < -0.3 is 10.1 Å². The third-order valence-electron chi connectivity index (χ3n) is 3.51. The zero-order valence-electron chi connectivity index (χ0n) is 11.4. The first-order valence-corrected chi connectivity index (χ1v) is 6.66. The molecule has 18 heavy (non-hydrogen) atoms. The molecule has 1 heterocycles. The first-order chi connectivity index (χ1) is 8.25. The minimum Gasteiger partial charge on any atom is -0.493 e. The summed E-state index contributed by atoms with van der Waals surface area (Å²) >= 11 is 0. The van der Waals surface area contributed by atoms with E-state index in [-0.39, 0.29) is 12.4 Å². The molecule has 1 aromatic carbocycles. The smallest absolute Gasteiger partial charge is 0.122 e. The lowest BCUT2D eigenvalue weighted by Gasteiger charge is -2.22. The van der Waals surface area contributed by atoms with Gasteiger partial charge >= 0.3 is 0 Å².